The molecule has 12 nitrogen and oxygen atoms in total. The molecule has 1 aromatic carbocycles. The molecule has 2 saturated heterocycles. The SMILES string of the molecule is Cc1ccc(-c2nnn(CC(=O)N(C3CCN(Cc4ccccc4)CC3)C(C(=O)NCC3CCCO3)c3ccncc3)n2)o1. The average molecular weight is 599 g/mol. The maximum atomic E-state index is 14.3. The molecule has 1 N–H and O–H groups in total. The van der Waals surface area contributed by atoms with Gasteiger partial charge >= 0.3 is 0 Å². The predicted molar refractivity (Wildman–Crippen MR) is 161 cm³/mol. The zero-order valence-electron chi connectivity index (χ0n) is 24.9. The maximum Gasteiger partial charge on any atom is 0.247 e. The van der Waals surface area contributed by atoms with Crippen molar-refractivity contribution in [3.63, 3.8) is 0 Å². The van der Waals surface area contributed by atoms with E-state index in [1.165, 1.54) is 10.4 Å². The molecule has 230 valence electrons. The molecular formula is C32H38N8O4. The Balaban J connectivity index is 1.25. The summed E-state index contributed by atoms with van der Waals surface area (Å²) in [7, 11) is 0. The lowest BCUT2D eigenvalue weighted by molar-refractivity contribution is -0.146. The Morgan fingerprint density at radius 3 is 2.55 bits per heavy atom. The van der Waals surface area contributed by atoms with Crippen LogP contribution in [0.15, 0.2) is 71.4 Å². The van der Waals surface area contributed by atoms with Crippen LogP contribution in [-0.4, -0.2) is 85.2 Å². The van der Waals surface area contributed by atoms with Crippen LogP contribution in [0, 0.1) is 6.92 Å². The molecule has 4 aromatic rings. The van der Waals surface area contributed by atoms with Crippen molar-refractivity contribution >= 4 is 11.8 Å². The molecule has 3 aromatic heterocycles. The smallest absolute Gasteiger partial charge is 0.247 e. The van der Waals surface area contributed by atoms with Crippen LogP contribution in [0.2, 0.25) is 0 Å². The number of ether oxygens (including phenoxy) is 1. The monoisotopic (exact) mass is 598 g/mol. The van der Waals surface area contributed by atoms with Crippen LogP contribution in [0.1, 0.15) is 48.6 Å². The van der Waals surface area contributed by atoms with E-state index >= 15 is 0 Å². The number of carbonyl (C=O) groups is 2. The normalized spacial score (nSPS) is 18.2. The number of amides is 2. The number of likely N-dealkylation sites (tertiary alicyclic amines) is 1. The van der Waals surface area contributed by atoms with Gasteiger partial charge in [-0.1, -0.05) is 30.3 Å². The van der Waals surface area contributed by atoms with Crippen molar-refractivity contribution in [3.05, 3.63) is 83.9 Å². The minimum absolute atomic E-state index is 0.0228. The van der Waals surface area contributed by atoms with Crippen LogP contribution in [-0.2, 0) is 27.4 Å². The van der Waals surface area contributed by atoms with Crippen LogP contribution in [0.5, 0.6) is 0 Å². The topological polar surface area (TPSA) is 132 Å². The third kappa shape index (κ3) is 7.20. The fourth-order valence-electron chi connectivity index (χ4n) is 6.02. The molecule has 2 fully saturated rings. The Morgan fingerprint density at radius 1 is 1.05 bits per heavy atom. The van der Waals surface area contributed by atoms with E-state index in [2.05, 4.69) is 42.7 Å². The quantitative estimate of drug-likeness (QED) is 0.277. The first-order valence-electron chi connectivity index (χ1n) is 15.2. The van der Waals surface area contributed by atoms with Gasteiger partial charge in [0.25, 0.3) is 0 Å². The Kier molecular flexibility index (Phi) is 9.37. The first-order chi connectivity index (χ1) is 21.5. The molecule has 0 aliphatic carbocycles. The van der Waals surface area contributed by atoms with E-state index < -0.39 is 6.04 Å². The number of hydrogen-bond acceptors (Lipinski definition) is 9. The summed E-state index contributed by atoms with van der Waals surface area (Å²) in [6.07, 6.45) is 6.60. The Labute approximate surface area is 256 Å². The lowest BCUT2D eigenvalue weighted by Gasteiger charge is -2.42. The van der Waals surface area contributed by atoms with E-state index in [1.807, 2.05) is 31.2 Å². The third-order valence-corrected chi connectivity index (χ3v) is 8.25. The van der Waals surface area contributed by atoms with Gasteiger partial charge in [0.1, 0.15) is 18.3 Å². The van der Waals surface area contributed by atoms with Crippen LogP contribution >= 0.6 is 0 Å². The fourth-order valence-corrected chi connectivity index (χ4v) is 6.02. The predicted octanol–water partition coefficient (Wildman–Crippen LogP) is 3.17. The second kappa shape index (κ2) is 13.9. The highest BCUT2D eigenvalue weighted by atomic mass is 16.5. The summed E-state index contributed by atoms with van der Waals surface area (Å²) in [5.41, 5.74) is 1.95. The standard InChI is InChI=1S/C32H38N8O4/c1-23-9-10-28(44-23)31-35-37-39(36-31)22-29(41)40(26-13-17-38(18-14-26)21-24-6-3-2-4-7-24)30(25-11-15-33-16-12-25)32(42)34-20-27-8-5-19-43-27/h2-4,6-7,9-12,15-16,26-27,30H,5,8,13-14,17-22H2,1H3,(H,34,42). The number of nitrogens with zero attached hydrogens (tertiary/aromatic N) is 7. The second-order valence-electron chi connectivity index (χ2n) is 11.4. The van der Waals surface area contributed by atoms with Crippen molar-refractivity contribution in [2.75, 3.05) is 26.2 Å². The van der Waals surface area contributed by atoms with Crippen LogP contribution < -0.4 is 5.32 Å². The summed E-state index contributed by atoms with van der Waals surface area (Å²) in [6.45, 7) is 5.21. The van der Waals surface area contributed by atoms with Crippen molar-refractivity contribution in [2.45, 2.75) is 63.9 Å². The molecule has 6 rings (SSSR count). The highest BCUT2D eigenvalue weighted by molar-refractivity contribution is 5.89. The number of rotatable bonds is 11. The number of aromatic nitrogens is 5. The number of piperidine rings is 1. The summed E-state index contributed by atoms with van der Waals surface area (Å²) in [6, 6.07) is 16.5. The minimum atomic E-state index is -0.853. The lowest BCUT2D eigenvalue weighted by atomic mass is 9.96. The maximum absolute atomic E-state index is 14.3. The zero-order valence-corrected chi connectivity index (χ0v) is 24.9. The van der Waals surface area contributed by atoms with E-state index in [1.54, 1.807) is 35.5 Å². The van der Waals surface area contributed by atoms with Gasteiger partial charge in [0.2, 0.25) is 17.6 Å². The summed E-state index contributed by atoms with van der Waals surface area (Å²) >= 11 is 0. The number of hydrogen-bond donors (Lipinski definition) is 1. The first kappa shape index (κ1) is 29.6. The summed E-state index contributed by atoms with van der Waals surface area (Å²) < 4.78 is 11.4. The summed E-state index contributed by atoms with van der Waals surface area (Å²) in [4.78, 5) is 37.8. The van der Waals surface area contributed by atoms with E-state index in [0.717, 1.165) is 51.1 Å². The number of carbonyl (C=O) groups excluding carboxylic acids is 2. The Morgan fingerprint density at radius 2 is 1.84 bits per heavy atom. The number of aryl methyl sites for hydroxylation is 1. The lowest BCUT2D eigenvalue weighted by Crippen LogP contribution is -2.53. The number of furan rings is 1. The highest BCUT2D eigenvalue weighted by Crippen LogP contribution is 2.29. The van der Waals surface area contributed by atoms with E-state index in [4.69, 9.17) is 9.15 Å². The van der Waals surface area contributed by atoms with Crippen molar-refractivity contribution in [1.82, 2.24) is 40.3 Å². The molecule has 0 spiro atoms. The molecular weight excluding hydrogens is 560 g/mol. The Hall–Kier alpha value is -4.42. The first-order valence-corrected chi connectivity index (χ1v) is 15.2. The van der Waals surface area contributed by atoms with Gasteiger partial charge in [0, 0.05) is 51.2 Å². The zero-order chi connectivity index (χ0) is 30.3. The number of nitrogens with one attached hydrogen (secondary N) is 1. The molecule has 2 atom stereocenters. The molecule has 5 heterocycles. The third-order valence-electron chi connectivity index (χ3n) is 8.25. The highest BCUT2D eigenvalue weighted by Gasteiger charge is 2.38. The number of tetrazole rings is 1. The van der Waals surface area contributed by atoms with Gasteiger partial charge in [0.05, 0.1) is 6.10 Å². The van der Waals surface area contributed by atoms with Gasteiger partial charge in [-0.25, -0.2) is 0 Å². The molecule has 44 heavy (non-hydrogen) atoms. The van der Waals surface area contributed by atoms with E-state index in [0.29, 0.717) is 30.3 Å². The molecule has 2 unspecified atom stereocenters. The molecule has 2 amide bonds. The summed E-state index contributed by atoms with van der Waals surface area (Å²) in [5, 5.41) is 15.7. The minimum Gasteiger partial charge on any atom is -0.458 e. The Bertz CT molecular complexity index is 1510. The fraction of sp³-hybridized carbons (Fsp3) is 0.438. The second-order valence-corrected chi connectivity index (χ2v) is 11.4. The average Bonchev–Trinajstić information content (AvgIpc) is 3.83. The molecule has 12 heteroatoms. The summed E-state index contributed by atoms with van der Waals surface area (Å²) in [5.74, 6) is 0.996. The molecule has 2 aliphatic heterocycles. The van der Waals surface area contributed by atoms with Gasteiger partial charge in [-0.05, 0) is 73.2 Å². The largest absolute Gasteiger partial charge is 0.458 e. The molecule has 0 bridgehead atoms. The van der Waals surface area contributed by atoms with Crippen LogP contribution in [0.25, 0.3) is 11.6 Å². The van der Waals surface area contributed by atoms with E-state index in [-0.39, 0.29) is 30.5 Å². The van der Waals surface area contributed by atoms with Gasteiger partial charge < -0.3 is 19.4 Å². The van der Waals surface area contributed by atoms with Crippen molar-refractivity contribution < 1.29 is 18.7 Å². The van der Waals surface area contributed by atoms with Crippen molar-refractivity contribution in [3.8, 4) is 11.6 Å². The van der Waals surface area contributed by atoms with Gasteiger partial charge in [-0.3, -0.25) is 19.5 Å². The van der Waals surface area contributed by atoms with Crippen molar-refractivity contribution in [1.29, 1.82) is 0 Å². The van der Waals surface area contributed by atoms with Crippen molar-refractivity contribution in [2.24, 2.45) is 0 Å². The van der Waals surface area contributed by atoms with Gasteiger partial charge in [-0.2, -0.15) is 4.80 Å². The number of pyridine rings is 1. The molecule has 2 aliphatic rings. The molecule has 0 radical (unpaired) electrons. The van der Waals surface area contributed by atoms with E-state index in [9.17, 15) is 9.59 Å². The molecule has 0 saturated carbocycles. The van der Waals surface area contributed by atoms with Crippen LogP contribution in [0.3, 0.4) is 0 Å². The van der Waals surface area contributed by atoms with Gasteiger partial charge in [-0.15, -0.1) is 10.2 Å². The van der Waals surface area contributed by atoms with Crippen LogP contribution in [0.4, 0.5) is 0 Å². The van der Waals surface area contributed by atoms with Gasteiger partial charge in [0.15, 0.2) is 5.76 Å². The number of benzene rings is 1.